The van der Waals surface area contributed by atoms with Gasteiger partial charge in [-0.2, -0.15) is 0 Å². The molecule has 2 aromatic carbocycles. The first-order valence-corrected chi connectivity index (χ1v) is 17.8. The molecule has 1 atom stereocenters. The second-order valence-electron chi connectivity index (χ2n) is 13.8. The highest BCUT2D eigenvalue weighted by molar-refractivity contribution is 7.92. The molecule has 0 aliphatic carbocycles. The van der Waals surface area contributed by atoms with Crippen molar-refractivity contribution in [2.24, 2.45) is 13.0 Å². The number of para-hydroxylation sites is 1. The van der Waals surface area contributed by atoms with Crippen molar-refractivity contribution in [3.8, 4) is 11.6 Å². The molecule has 1 aromatic heterocycles. The molecule has 2 aliphatic heterocycles. The molecule has 2 aliphatic rings. The number of carbonyl (C=O) groups is 2. The van der Waals surface area contributed by atoms with Crippen LogP contribution in [0.1, 0.15) is 57.6 Å². The van der Waals surface area contributed by atoms with Crippen LogP contribution in [0, 0.1) is 5.92 Å². The summed E-state index contributed by atoms with van der Waals surface area (Å²) in [7, 11) is 1.72. The molecular weight excluding hydrogens is 606 g/mol. The number of anilines is 2. The van der Waals surface area contributed by atoms with Gasteiger partial charge in [-0.3, -0.25) is 19.7 Å². The van der Waals surface area contributed by atoms with Gasteiger partial charge >= 0.3 is 6.09 Å². The van der Waals surface area contributed by atoms with Gasteiger partial charge in [-0.25, -0.2) is 13.2 Å². The van der Waals surface area contributed by atoms with Crippen molar-refractivity contribution in [3.63, 3.8) is 0 Å². The van der Waals surface area contributed by atoms with Crippen molar-refractivity contribution in [2.75, 3.05) is 50.1 Å². The topological polar surface area (TPSA) is 122 Å². The van der Waals surface area contributed by atoms with Crippen LogP contribution in [0.5, 0.6) is 11.6 Å². The molecule has 0 bridgehead atoms. The number of fused-ring (bicyclic) bond motifs is 1. The zero-order valence-electron chi connectivity index (χ0n) is 28.0. The molecule has 12 heteroatoms. The molecule has 3 aromatic rings. The van der Waals surface area contributed by atoms with Crippen molar-refractivity contribution in [3.05, 3.63) is 47.5 Å². The van der Waals surface area contributed by atoms with Crippen LogP contribution in [0.3, 0.4) is 0 Å². The van der Waals surface area contributed by atoms with Gasteiger partial charge in [0.05, 0.1) is 36.3 Å². The fourth-order valence-electron chi connectivity index (χ4n) is 6.72. The number of piperidine rings is 1. The minimum Gasteiger partial charge on any atom is -0.492 e. The molecule has 0 saturated carbocycles. The average molecular weight is 654 g/mol. The number of amides is 2. The lowest BCUT2D eigenvalue weighted by atomic mass is 9.86. The van der Waals surface area contributed by atoms with E-state index in [9.17, 15) is 18.0 Å². The lowest BCUT2D eigenvalue weighted by Gasteiger charge is -2.35. The van der Waals surface area contributed by atoms with Crippen LogP contribution in [-0.2, 0) is 33.7 Å². The lowest BCUT2D eigenvalue weighted by Crippen LogP contribution is -2.47. The largest absolute Gasteiger partial charge is 0.492 e. The van der Waals surface area contributed by atoms with Crippen LogP contribution in [0.15, 0.2) is 36.4 Å². The standard InChI is InChI=1S/C34H47N5O6S/c1-34(2,3)25-20-26(31(44-6)27(21-25)36-46(7,42)43)35-33(41)45-29-19-24-11-8-10-23(30(24)38(29)5)18-22-13-16-39(17-14-22)32(40)28-12-9-15-37(28)4/h8,10-11,19-22,28,36H,9,12-18H2,1-7H3,(H,35,41)/t28-/m1/s1. The second-order valence-corrected chi connectivity index (χ2v) is 15.5. The predicted molar refractivity (Wildman–Crippen MR) is 181 cm³/mol. The number of ether oxygens (including phenoxy) is 2. The number of sulfonamides is 1. The number of aromatic nitrogens is 1. The number of hydrogen-bond donors (Lipinski definition) is 2. The zero-order valence-corrected chi connectivity index (χ0v) is 28.8. The summed E-state index contributed by atoms with van der Waals surface area (Å²) < 4.78 is 39.9. The van der Waals surface area contributed by atoms with Gasteiger partial charge < -0.3 is 18.9 Å². The number of nitrogens with zero attached hydrogens (tertiary/aromatic N) is 3. The van der Waals surface area contributed by atoms with Gasteiger partial charge in [0.25, 0.3) is 0 Å². The maximum atomic E-state index is 13.3. The van der Waals surface area contributed by atoms with Gasteiger partial charge in [0.1, 0.15) is 0 Å². The van der Waals surface area contributed by atoms with Crippen LogP contribution in [0.25, 0.3) is 10.9 Å². The van der Waals surface area contributed by atoms with Gasteiger partial charge in [-0.15, -0.1) is 0 Å². The fraction of sp³-hybridized carbons (Fsp3) is 0.529. The monoisotopic (exact) mass is 653 g/mol. The Morgan fingerprint density at radius 3 is 2.30 bits per heavy atom. The Kier molecular flexibility index (Phi) is 9.60. The van der Waals surface area contributed by atoms with Crippen LogP contribution in [0.2, 0.25) is 0 Å². The highest BCUT2D eigenvalue weighted by atomic mass is 32.2. The lowest BCUT2D eigenvalue weighted by molar-refractivity contribution is -0.137. The first-order valence-electron chi connectivity index (χ1n) is 15.9. The van der Waals surface area contributed by atoms with E-state index in [0.29, 0.717) is 11.8 Å². The maximum absolute atomic E-state index is 13.3. The number of nitrogens with one attached hydrogen (secondary N) is 2. The van der Waals surface area contributed by atoms with Crippen molar-refractivity contribution in [1.29, 1.82) is 0 Å². The molecule has 11 nitrogen and oxygen atoms in total. The molecule has 3 heterocycles. The van der Waals surface area contributed by atoms with Crippen molar-refractivity contribution in [1.82, 2.24) is 14.4 Å². The first-order chi connectivity index (χ1) is 21.6. The number of likely N-dealkylation sites (N-methyl/N-ethyl adjacent to an activating group) is 1. The smallest absolute Gasteiger partial charge is 0.418 e. The van der Waals surface area contributed by atoms with Crippen LogP contribution in [-0.4, -0.2) is 80.9 Å². The molecule has 2 fully saturated rings. The summed E-state index contributed by atoms with van der Waals surface area (Å²) >= 11 is 0. The predicted octanol–water partition coefficient (Wildman–Crippen LogP) is 5.34. The van der Waals surface area contributed by atoms with E-state index in [2.05, 4.69) is 21.0 Å². The van der Waals surface area contributed by atoms with Gasteiger partial charge in [0, 0.05) is 31.6 Å². The fourth-order valence-corrected chi connectivity index (χ4v) is 7.27. The van der Waals surface area contributed by atoms with E-state index in [1.165, 1.54) is 12.7 Å². The van der Waals surface area contributed by atoms with Crippen LogP contribution < -0.4 is 19.5 Å². The third kappa shape index (κ3) is 7.44. The third-order valence-corrected chi connectivity index (χ3v) is 9.82. The Bertz CT molecular complexity index is 1720. The van der Waals surface area contributed by atoms with E-state index in [4.69, 9.17) is 9.47 Å². The molecular formula is C34H47N5O6S. The quantitative estimate of drug-likeness (QED) is 0.337. The summed E-state index contributed by atoms with van der Waals surface area (Å²) in [6.45, 7) is 8.54. The summed E-state index contributed by atoms with van der Waals surface area (Å²) in [5.74, 6) is 1.28. The number of benzene rings is 2. The van der Waals surface area contributed by atoms with Crippen LogP contribution >= 0.6 is 0 Å². The number of aryl methyl sites for hydroxylation is 1. The van der Waals surface area contributed by atoms with E-state index in [0.717, 1.165) is 74.5 Å². The van der Waals surface area contributed by atoms with Crippen molar-refractivity contribution < 1.29 is 27.5 Å². The average Bonchev–Trinajstić information content (AvgIpc) is 3.54. The molecule has 2 saturated heterocycles. The van der Waals surface area contributed by atoms with E-state index >= 15 is 0 Å². The van der Waals surface area contributed by atoms with Crippen molar-refractivity contribution in [2.45, 2.75) is 64.3 Å². The van der Waals surface area contributed by atoms with E-state index in [1.54, 1.807) is 12.1 Å². The Hall–Kier alpha value is -3.77. The Morgan fingerprint density at radius 1 is 1.00 bits per heavy atom. The Balaban J connectivity index is 1.31. The normalized spacial score (nSPS) is 18.2. The molecule has 46 heavy (non-hydrogen) atoms. The summed E-state index contributed by atoms with van der Waals surface area (Å²) in [5.41, 5.74) is 3.14. The highest BCUT2D eigenvalue weighted by Crippen LogP contribution is 2.39. The van der Waals surface area contributed by atoms with Gasteiger partial charge in [0.2, 0.25) is 21.8 Å². The summed E-state index contributed by atoms with van der Waals surface area (Å²) in [6, 6.07) is 11.5. The molecule has 0 radical (unpaired) electrons. The maximum Gasteiger partial charge on any atom is 0.418 e. The molecule has 0 spiro atoms. The van der Waals surface area contributed by atoms with Crippen molar-refractivity contribution >= 4 is 44.3 Å². The van der Waals surface area contributed by atoms with E-state index in [1.807, 2.05) is 62.5 Å². The first kappa shape index (κ1) is 33.6. The summed E-state index contributed by atoms with van der Waals surface area (Å²) in [4.78, 5) is 30.6. The van der Waals surface area contributed by atoms with E-state index < -0.39 is 16.1 Å². The number of hydrogen-bond acceptors (Lipinski definition) is 7. The number of likely N-dealkylation sites (tertiary alicyclic amines) is 2. The second kappa shape index (κ2) is 13.2. The highest BCUT2D eigenvalue weighted by Gasteiger charge is 2.33. The molecule has 2 amide bonds. The van der Waals surface area contributed by atoms with Gasteiger partial charge in [0.15, 0.2) is 5.75 Å². The zero-order chi connectivity index (χ0) is 33.4. The molecule has 5 rings (SSSR count). The number of methoxy groups -OCH3 is 1. The summed E-state index contributed by atoms with van der Waals surface area (Å²) in [5, 5.41) is 3.73. The summed E-state index contributed by atoms with van der Waals surface area (Å²) in [6.07, 6.45) is 5.16. The SMILES string of the molecule is COc1c(NC(=O)Oc2cc3cccc(CC4CCN(C(=O)[C@H]5CCCN5C)CC4)c3n2C)cc(C(C)(C)C)cc1NS(C)(=O)=O. The number of carbonyl (C=O) groups excluding carboxylic acids is 2. The molecule has 0 unspecified atom stereocenters. The van der Waals surface area contributed by atoms with Gasteiger partial charge in [-0.1, -0.05) is 39.0 Å². The Labute approximate surface area is 272 Å². The minimum absolute atomic E-state index is 0.0269. The molecule has 2 N–H and O–H groups in total. The van der Waals surface area contributed by atoms with Crippen LogP contribution in [0.4, 0.5) is 16.2 Å². The van der Waals surface area contributed by atoms with Gasteiger partial charge in [-0.05, 0) is 80.3 Å². The molecule has 250 valence electrons. The van der Waals surface area contributed by atoms with E-state index in [-0.39, 0.29) is 34.5 Å². The number of rotatable bonds is 8. The Morgan fingerprint density at radius 2 is 1.70 bits per heavy atom. The third-order valence-electron chi connectivity index (χ3n) is 9.22. The minimum atomic E-state index is -3.61.